The maximum atomic E-state index is 2.19. The van der Waals surface area contributed by atoms with Crippen molar-refractivity contribution in [1.29, 1.82) is 0 Å². The van der Waals surface area contributed by atoms with Gasteiger partial charge in [-0.2, -0.15) is 0 Å². The van der Waals surface area contributed by atoms with Crippen molar-refractivity contribution in [2.45, 2.75) is 0 Å². The van der Waals surface area contributed by atoms with Crippen LogP contribution in [0.1, 0.15) is 0 Å². The van der Waals surface area contributed by atoms with Gasteiger partial charge in [0.1, 0.15) is 0 Å². The molecule has 0 atom stereocenters. The molecule has 0 bridgehead atoms. The Kier molecular flexibility index (Phi) is 6.77. The van der Waals surface area contributed by atoms with Crippen LogP contribution in [-0.2, 0) is 25.8 Å². The molecular weight excluding hydrogens is 397 g/mol. The van der Waals surface area contributed by atoms with Crippen molar-refractivity contribution in [2.24, 2.45) is 0 Å². The Hall–Kier alpha value is -1.22. The van der Waals surface area contributed by atoms with E-state index in [0.29, 0.717) is 0 Å². The van der Waals surface area contributed by atoms with E-state index in [2.05, 4.69) is 66.7 Å². The van der Waals surface area contributed by atoms with Gasteiger partial charge in [0, 0.05) is 25.8 Å². The normalized spacial score (nSPS) is 8.89. The molecule has 18 heavy (non-hydrogen) atoms. The predicted octanol–water partition coefficient (Wildman–Crippen LogP) is 4.53. The monoisotopic (exact) mass is 411 g/mol. The van der Waals surface area contributed by atoms with Crippen LogP contribution < -0.4 is 0 Å². The summed E-state index contributed by atoms with van der Waals surface area (Å²) in [5, 5.41) is 2.65. The first-order chi connectivity index (χ1) is 7.45. The van der Waals surface area contributed by atoms with E-state index >= 15 is 0 Å². The SMILES string of the molecule is F.F.[Hf].c1ccc(-[c-]2ccc3ccccc32)cc1. The van der Waals surface area contributed by atoms with Gasteiger partial charge in [0.15, 0.2) is 0 Å². The first-order valence-corrected chi connectivity index (χ1v) is 5.15. The number of hydrogen-bond acceptors (Lipinski definition) is 0. The summed E-state index contributed by atoms with van der Waals surface area (Å²) in [6.07, 6.45) is 0. The summed E-state index contributed by atoms with van der Waals surface area (Å²) in [6, 6.07) is 23.4. The van der Waals surface area contributed by atoms with Crippen molar-refractivity contribution >= 4 is 10.8 Å². The van der Waals surface area contributed by atoms with Crippen LogP contribution in [0.2, 0.25) is 0 Å². The van der Waals surface area contributed by atoms with E-state index < -0.39 is 0 Å². The molecule has 0 saturated carbocycles. The number of halogens is 2. The molecule has 0 saturated heterocycles. The molecule has 0 unspecified atom stereocenters. The molecule has 0 aliphatic carbocycles. The molecule has 0 aliphatic rings. The zero-order valence-corrected chi connectivity index (χ0v) is 13.3. The second kappa shape index (κ2) is 7.27. The average molecular weight is 410 g/mol. The molecular formula is C15H13F2Hf-. The fourth-order valence-corrected chi connectivity index (χ4v) is 2.02. The van der Waals surface area contributed by atoms with Crippen LogP contribution in [0.25, 0.3) is 21.9 Å². The van der Waals surface area contributed by atoms with Crippen LogP contribution in [0, 0.1) is 0 Å². The molecule has 0 aromatic heterocycles. The van der Waals surface area contributed by atoms with E-state index in [4.69, 9.17) is 0 Å². The quantitative estimate of drug-likeness (QED) is 0.409. The van der Waals surface area contributed by atoms with E-state index in [1.165, 1.54) is 21.9 Å². The molecule has 3 aromatic carbocycles. The number of benzene rings is 2. The standard InChI is InChI=1S/C15H11.2FH.Hf/c1-2-6-12(7-3-1)15-11-10-13-8-4-5-9-14(13)15;;;/h1-11H;2*1H;/q-1;;;. The van der Waals surface area contributed by atoms with Crippen molar-refractivity contribution in [3.63, 3.8) is 0 Å². The Morgan fingerprint density at radius 2 is 1.28 bits per heavy atom. The second-order valence-corrected chi connectivity index (χ2v) is 3.70. The van der Waals surface area contributed by atoms with Crippen LogP contribution in [-0.4, -0.2) is 0 Å². The Morgan fingerprint density at radius 3 is 2.00 bits per heavy atom. The van der Waals surface area contributed by atoms with Crippen LogP contribution >= 0.6 is 0 Å². The zero-order chi connectivity index (χ0) is 10.1. The molecule has 3 heteroatoms. The molecule has 0 nitrogen and oxygen atoms in total. The van der Waals surface area contributed by atoms with Gasteiger partial charge in [0.2, 0.25) is 0 Å². The van der Waals surface area contributed by atoms with Crippen molar-refractivity contribution in [1.82, 2.24) is 0 Å². The molecule has 0 radical (unpaired) electrons. The molecule has 0 amide bonds. The summed E-state index contributed by atoms with van der Waals surface area (Å²) < 4.78 is 0. The van der Waals surface area contributed by atoms with Gasteiger partial charge in [-0.3, -0.25) is 9.41 Å². The number of hydrogen-bond donors (Lipinski definition) is 0. The summed E-state index contributed by atoms with van der Waals surface area (Å²) >= 11 is 0. The number of rotatable bonds is 1. The zero-order valence-electron chi connectivity index (χ0n) is 9.67. The summed E-state index contributed by atoms with van der Waals surface area (Å²) in [5.41, 5.74) is 2.62. The molecule has 3 rings (SSSR count). The molecule has 0 N–H and O–H groups in total. The Balaban J connectivity index is 0.000000963. The van der Waals surface area contributed by atoms with Crippen LogP contribution in [0.4, 0.5) is 9.41 Å². The smallest absolute Gasteiger partial charge is 0 e. The van der Waals surface area contributed by atoms with E-state index in [1.807, 2.05) is 0 Å². The topological polar surface area (TPSA) is 0 Å². The van der Waals surface area contributed by atoms with Crippen LogP contribution in [0.3, 0.4) is 0 Å². The van der Waals surface area contributed by atoms with Crippen molar-refractivity contribution < 1.29 is 35.3 Å². The number of fused-ring (bicyclic) bond motifs is 1. The van der Waals surface area contributed by atoms with Crippen LogP contribution in [0.5, 0.6) is 0 Å². The molecule has 0 heterocycles. The maximum absolute atomic E-state index is 2.19. The Bertz CT molecular complexity index is 588. The summed E-state index contributed by atoms with van der Waals surface area (Å²) in [7, 11) is 0. The third kappa shape index (κ3) is 2.96. The largest absolute Gasteiger partial charge is 0.269 e. The van der Waals surface area contributed by atoms with Gasteiger partial charge in [0.05, 0.1) is 0 Å². The van der Waals surface area contributed by atoms with Gasteiger partial charge < -0.3 is 0 Å². The maximum Gasteiger partial charge on any atom is 0 e. The van der Waals surface area contributed by atoms with Crippen molar-refractivity contribution in [3.8, 4) is 11.1 Å². The first kappa shape index (κ1) is 16.8. The molecule has 0 fully saturated rings. The summed E-state index contributed by atoms with van der Waals surface area (Å²) in [4.78, 5) is 0. The fourth-order valence-electron chi connectivity index (χ4n) is 2.02. The van der Waals surface area contributed by atoms with Gasteiger partial charge in [0.25, 0.3) is 0 Å². The third-order valence-electron chi connectivity index (χ3n) is 2.77. The Morgan fingerprint density at radius 1 is 0.667 bits per heavy atom. The van der Waals surface area contributed by atoms with Crippen LogP contribution in [0.15, 0.2) is 66.7 Å². The van der Waals surface area contributed by atoms with E-state index in [-0.39, 0.29) is 35.3 Å². The molecule has 0 spiro atoms. The minimum absolute atomic E-state index is 0. The van der Waals surface area contributed by atoms with Gasteiger partial charge in [-0.15, -0.1) is 35.9 Å². The average Bonchev–Trinajstić information content (AvgIpc) is 2.74. The molecule has 3 aromatic rings. The van der Waals surface area contributed by atoms with E-state index in [9.17, 15) is 0 Å². The van der Waals surface area contributed by atoms with E-state index in [1.54, 1.807) is 0 Å². The van der Waals surface area contributed by atoms with Gasteiger partial charge in [-0.05, 0) is 0 Å². The third-order valence-corrected chi connectivity index (χ3v) is 2.77. The van der Waals surface area contributed by atoms with Crippen molar-refractivity contribution in [3.05, 3.63) is 66.7 Å². The molecule has 92 valence electrons. The predicted molar refractivity (Wildman–Crippen MR) is 70.0 cm³/mol. The fraction of sp³-hybridized carbons (Fsp3) is 0. The van der Waals surface area contributed by atoms with Gasteiger partial charge in [-0.1, -0.05) is 52.7 Å². The minimum atomic E-state index is 0. The van der Waals surface area contributed by atoms with Gasteiger partial charge in [-0.25, -0.2) is 0 Å². The van der Waals surface area contributed by atoms with Crippen molar-refractivity contribution in [2.75, 3.05) is 0 Å². The first-order valence-electron chi connectivity index (χ1n) is 5.15. The van der Waals surface area contributed by atoms with Gasteiger partial charge >= 0.3 is 0 Å². The van der Waals surface area contributed by atoms with E-state index in [0.717, 1.165) is 0 Å². The Labute approximate surface area is 124 Å². The minimum Gasteiger partial charge on any atom is -0.269 e. The molecule has 0 aliphatic heterocycles. The summed E-state index contributed by atoms with van der Waals surface area (Å²) in [6.45, 7) is 0. The summed E-state index contributed by atoms with van der Waals surface area (Å²) in [5.74, 6) is 0. The second-order valence-electron chi connectivity index (χ2n) is 3.70.